The molecule has 1 aliphatic rings. The number of carbonyl (C=O) groups is 1. The van der Waals surface area contributed by atoms with Gasteiger partial charge in [-0.1, -0.05) is 6.92 Å². The maximum atomic E-state index is 12.0. The second-order valence-corrected chi connectivity index (χ2v) is 5.27. The number of ether oxygens (including phenoxy) is 2. The van der Waals surface area contributed by atoms with Crippen LogP contribution in [0.15, 0.2) is 12.3 Å². The van der Waals surface area contributed by atoms with E-state index >= 15 is 0 Å². The lowest BCUT2D eigenvalue weighted by Crippen LogP contribution is -2.13. The van der Waals surface area contributed by atoms with Gasteiger partial charge in [-0.2, -0.15) is 0 Å². The molecule has 1 saturated heterocycles. The number of esters is 1. The highest BCUT2D eigenvalue weighted by Crippen LogP contribution is 2.17. The van der Waals surface area contributed by atoms with Gasteiger partial charge in [0.15, 0.2) is 0 Å². The van der Waals surface area contributed by atoms with Crippen LogP contribution in [0.3, 0.4) is 0 Å². The molecule has 0 aliphatic carbocycles. The van der Waals surface area contributed by atoms with Gasteiger partial charge in [-0.05, 0) is 38.2 Å². The lowest BCUT2D eigenvalue weighted by molar-refractivity contribution is 0.0449. The Morgan fingerprint density at radius 1 is 1.60 bits per heavy atom. The molecule has 0 bridgehead atoms. The van der Waals surface area contributed by atoms with Gasteiger partial charge in [-0.15, -0.1) is 0 Å². The highest BCUT2D eigenvalue weighted by molar-refractivity contribution is 5.89. The zero-order valence-corrected chi connectivity index (χ0v) is 12.1. The Balaban J connectivity index is 1.76. The van der Waals surface area contributed by atoms with Crippen LogP contribution in [-0.4, -0.2) is 29.9 Å². The number of nitrogen functional groups attached to an aromatic ring is 1. The van der Waals surface area contributed by atoms with Crippen molar-refractivity contribution < 1.29 is 14.3 Å². The second-order valence-electron chi connectivity index (χ2n) is 5.27. The van der Waals surface area contributed by atoms with Crippen molar-refractivity contribution >= 4 is 11.7 Å². The topological polar surface area (TPSA) is 66.5 Å². The monoisotopic (exact) mass is 280 g/mol. The fraction of sp³-hybridized carbons (Fsp3) is 0.667. The van der Waals surface area contributed by atoms with E-state index in [0.717, 1.165) is 45.3 Å². The van der Waals surface area contributed by atoms with Gasteiger partial charge in [0, 0.05) is 19.3 Å². The molecule has 112 valence electrons. The van der Waals surface area contributed by atoms with Crippen LogP contribution in [0, 0.1) is 0 Å². The summed E-state index contributed by atoms with van der Waals surface area (Å²) in [5.41, 5.74) is 6.88. The fourth-order valence-electron chi connectivity index (χ4n) is 2.55. The molecule has 5 nitrogen and oxygen atoms in total. The van der Waals surface area contributed by atoms with Crippen LogP contribution in [0.25, 0.3) is 0 Å². The number of anilines is 1. The first-order valence-electron chi connectivity index (χ1n) is 7.45. The Morgan fingerprint density at radius 2 is 2.45 bits per heavy atom. The Labute approximate surface area is 120 Å². The van der Waals surface area contributed by atoms with Gasteiger partial charge < -0.3 is 19.8 Å². The molecule has 1 aromatic rings. The Bertz CT molecular complexity index is 436. The zero-order chi connectivity index (χ0) is 14.4. The van der Waals surface area contributed by atoms with E-state index in [2.05, 4.69) is 6.92 Å². The molecule has 2 N–H and O–H groups in total. The molecular weight excluding hydrogens is 256 g/mol. The van der Waals surface area contributed by atoms with Crippen molar-refractivity contribution in [3.63, 3.8) is 0 Å². The molecule has 0 spiro atoms. The zero-order valence-electron chi connectivity index (χ0n) is 12.1. The summed E-state index contributed by atoms with van der Waals surface area (Å²) in [7, 11) is 0. The van der Waals surface area contributed by atoms with Crippen LogP contribution in [0.4, 0.5) is 5.69 Å². The van der Waals surface area contributed by atoms with E-state index in [1.165, 1.54) is 0 Å². The lowest BCUT2D eigenvalue weighted by Gasteiger charge is -2.10. The molecule has 1 aromatic heterocycles. The quantitative estimate of drug-likeness (QED) is 0.616. The molecule has 1 atom stereocenters. The van der Waals surface area contributed by atoms with E-state index in [4.69, 9.17) is 15.2 Å². The van der Waals surface area contributed by atoms with Gasteiger partial charge in [0.2, 0.25) is 0 Å². The molecule has 0 radical (unpaired) electrons. The van der Waals surface area contributed by atoms with Crippen LogP contribution >= 0.6 is 0 Å². The minimum Gasteiger partial charge on any atom is -0.461 e. The van der Waals surface area contributed by atoms with E-state index in [9.17, 15) is 4.79 Å². The molecule has 2 rings (SSSR count). The SMILES string of the molecule is CCCn1cc(N)cc1C(=O)OCCCC1CCCO1. The van der Waals surface area contributed by atoms with Crippen LogP contribution < -0.4 is 5.73 Å². The smallest absolute Gasteiger partial charge is 0.355 e. The van der Waals surface area contributed by atoms with E-state index in [0.29, 0.717) is 24.1 Å². The second kappa shape index (κ2) is 7.33. The van der Waals surface area contributed by atoms with Crippen LogP contribution in [0.5, 0.6) is 0 Å². The third kappa shape index (κ3) is 4.00. The Morgan fingerprint density at radius 3 is 3.15 bits per heavy atom. The number of rotatable bonds is 7. The third-order valence-electron chi connectivity index (χ3n) is 3.52. The minimum absolute atomic E-state index is 0.289. The Hall–Kier alpha value is -1.49. The summed E-state index contributed by atoms with van der Waals surface area (Å²) in [5.74, 6) is -0.289. The van der Waals surface area contributed by atoms with Crippen LogP contribution in [-0.2, 0) is 16.0 Å². The first-order chi connectivity index (χ1) is 9.70. The maximum absolute atomic E-state index is 12.0. The molecule has 0 aromatic carbocycles. The van der Waals surface area contributed by atoms with Gasteiger partial charge in [0.05, 0.1) is 18.4 Å². The van der Waals surface area contributed by atoms with Crippen molar-refractivity contribution in [2.24, 2.45) is 0 Å². The summed E-state index contributed by atoms with van der Waals surface area (Å²) in [6, 6.07) is 1.68. The van der Waals surface area contributed by atoms with Gasteiger partial charge in [-0.25, -0.2) is 4.79 Å². The van der Waals surface area contributed by atoms with Crippen molar-refractivity contribution in [3.8, 4) is 0 Å². The molecule has 0 saturated carbocycles. The van der Waals surface area contributed by atoms with E-state index in [-0.39, 0.29) is 5.97 Å². The van der Waals surface area contributed by atoms with Gasteiger partial charge in [0.25, 0.3) is 0 Å². The summed E-state index contributed by atoms with van der Waals surface area (Å²) in [6.45, 7) is 4.15. The van der Waals surface area contributed by atoms with E-state index < -0.39 is 0 Å². The standard InChI is InChI=1S/C15H24N2O3/c1-2-7-17-11-12(16)10-14(17)15(18)20-9-4-6-13-5-3-8-19-13/h10-11,13H,2-9,16H2,1H3. The average molecular weight is 280 g/mol. The van der Waals surface area contributed by atoms with Crippen LogP contribution in [0.2, 0.25) is 0 Å². The lowest BCUT2D eigenvalue weighted by atomic mass is 10.1. The summed E-state index contributed by atoms with van der Waals surface area (Å²) in [6.07, 6.45) is 7.18. The molecule has 1 fully saturated rings. The predicted molar refractivity (Wildman–Crippen MR) is 77.6 cm³/mol. The van der Waals surface area contributed by atoms with Gasteiger partial charge in [0.1, 0.15) is 5.69 Å². The largest absolute Gasteiger partial charge is 0.461 e. The minimum atomic E-state index is -0.289. The number of nitrogens with two attached hydrogens (primary N) is 1. The number of carbonyl (C=O) groups excluding carboxylic acids is 1. The Kier molecular flexibility index (Phi) is 5.47. The van der Waals surface area contributed by atoms with Crippen molar-refractivity contribution in [1.29, 1.82) is 0 Å². The van der Waals surface area contributed by atoms with Crippen molar-refractivity contribution in [2.45, 2.75) is 51.7 Å². The molecule has 20 heavy (non-hydrogen) atoms. The molecular formula is C15H24N2O3. The molecule has 5 heteroatoms. The first kappa shape index (κ1) is 14.9. The summed E-state index contributed by atoms with van der Waals surface area (Å²) in [4.78, 5) is 12.0. The van der Waals surface area contributed by atoms with Gasteiger partial charge >= 0.3 is 5.97 Å². The number of aryl methyl sites for hydroxylation is 1. The number of aromatic nitrogens is 1. The fourth-order valence-corrected chi connectivity index (χ4v) is 2.55. The van der Waals surface area contributed by atoms with Crippen molar-refractivity contribution in [3.05, 3.63) is 18.0 Å². The first-order valence-corrected chi connectivity index (χ1v) is 7.45. The third-order valence-corrected chi connectivity index (χ3v) is 3.52. The summed E-state index contributed by atoms with van der Waals surface area (Å²) in [5, 5.41) is 0. The van der Waals surface area contributed by atoms with Gasteiger partial charge in [-0.3, -0.25) is 0 Å². The molecule has 2 heterocycles. The summed E-state index contributed by atoms with van der Waals surface area (Å²) < 4.78 is 12.7. The highest BCUT2D eigenvalue weighted by atomic mass is 16.5. The average Bonchev–Trinajstić information content (AvgIpc) is 3.05. The molecule has 1 aliphatic heterocycles. The van der Waals surface area contributed by atoms with E-state index in [1.807, 2.05) is 4.57 Å². The van der Waals surface area contributed by atoms with E-state index in [1.54, 1.807) is 12.3 Å². The number of hydrogen-bond acceptors (Lipinski definition) is 4. The molecule has 1 unspecified atom stereocenters. The normalized spacial score (nSPS) is 18.4. The van der Waals surface area contributed by atoms with Crippen molar-refractivity contribution in [1.82, 2.24) is 4.57 Å². The maximum Gasteiger partial charge on any atom is 0.355 e. The predicted octanol–water partition coefficient (Wildman–Crippen LogP) is 2.60. The van der Waals surface area contributed by atoms with Crippen molar-refractivity contribution in [2.75, 3.05) is 18.9 Å². The van der Waals surface area contributed by atoms with Crippen LogP contribution in [0.1, 0.15) is 49.5 Å². The summed E-state index contributed by atoms with van der Waals surface area (Å²) >= 11 is 0. The number of nitrogens with zero attached hydrogens (tertiary/aromatic N) is 1. The molecule has 0 amide bonds. The number of hydrogen-bond donors (Lipinski definition) is 1. The highest BCUT2D eigenvalue weighted by Gasteiger charge is 2.16.